The van der Waals surface area contributed by atoms with Crippen molar-refractivity contribution >= 4 is 11.4 Å². The van der Waals surface area contributed by atoms with Gasteiger partial charge in [-0.1, -0.05) is 13.8 Å². The minimum Gasteiger partial charge on any atom is -0.396 e. The molecule has 0 aliphatic carbocycles. The van der Waals surface area contributed by atoms with E-state index in [1.54, 1.807) is 12.1 Å². The largest absolute Gasteiger partial charge is 0.396 e. The van der Waals surface area contributed by atoms with Crippen LogP contribution in [-0.4, -0.2) is 23.2 Å². The molecule has 0 aromatic heterocycles. The standard InChI is InChI=1S/C11H16N2O3/c1-11(2,8-14)7-12-9-3-5-10(6-4-9)13(15)16/h3-6,12,14H,7-8H2,1-2H3. The molecule has 0 spiro atoms. The number of non-ortho nitro benzene ring substituents is 1. The number of benzene rings is 1. The Balaban J connectivity index is 2.59. The summed E-state index contributed by atoms with van der Waals surface area (Å²) < 4.78 is 0. The molecule has 5 nitrogen and oxygen atoms in total. The Morgan fingerprint density at radius 1 is 1.38 bits per heavy atom. The summed E-state index contributed by atoms with van der Waals surface area (Å²) in [6, 6.07) is 6.22. The van der Waals surface area contributed by atoms with Crippen LogP contribution in [0.15, 0.2) is 24.3 Å². The van der Waals surface area contributed by atoms with Gasteiger partial charge in [0.1, 0.15) is 0 Å². The molecule has 88 valence electrons. The topological polar surface area (TPSA) is 75.4 Å². The van der Waals surface area contributed by atoms with E-state index in [1.807, 2.05) is 13.8 Å². The molecule has 1 rings (SSSR count). The average Bonchev–Trinajstić information content (AvgIpc) is 2.27. The molecule has 0 heterocycles. The fourth-order valence-corrected chi connectivity index (χ4v) is 1.10. The predicted octanol–water partition coefficient (Wildman–Crippen LogP) is 2.03. The van der Waals surface area contributed by atoms with Crippen molar-refractivity contribution in [2.45, 2.75) is 13.8 Å². The molecule has 0 radical (unpaired) electrons. The van der Waals surface area contributed by atoms with Gasteiger partial charge in [-0.3, -0.25) is 10.1 Å². The van der Waals surface area contributed by atoms with Crippen molar-refractivity contribution in [2.75, 3.05) is 18.5 Å². The minimum absolute atomic E-state index is 0.0759. The van der Waals surface area contributed by atoms with E-state index < -0.39 is 4.92 Å². The molecular formula is C11H16N2O3. The number of hydrogen-bond donors (Lipinski definition) is 2. The lowest BCUT2D eigenvalue weighted by Gasteiger charge is -2.22. The summed E-state index contributed by atoms with van der Waals surface area (Å²) in [5.41, 5.74) is 0.681. The number of hydrogen-bond acceptors (Lipinski definition) is 4. The molecule has 0 atom stereocenters. The summed E-state index contributed by atoms with van der Waals surface area (Å²) in [6.07, 6.45) is 0. The number of aliphatic hydroxyl groups excluding tert-OH is 1. The summed E-state index contributed by atoms with van der Waals surface area (Å²) >= 11 is 0. The highest BCUT2D eigenvalue weighted by Gasteiger charge is 2.15. The lowest BCUT2D eigenvalue weighted by Crippen LogP contribution is -2.26. The predicted molar refractivity (Wildman–Crippen MR) is 62.5 cm³/mol. The van der Waals surface area contributed by atoms with Gasteiger partial charge in [-0.2, -0.15) is 0 Å². The van der Waals surface area contributed by atoms with Crippen LogP contribution in [0.25, 0.3) is 0 Å². The molecule has 0 fully saturated rings. The van der Waals surface area contributed by atoms with E-state index in [-0.39, 0.29) is 17.7 Å². The van der Waals surface area contributed by atoms with Crippen LogP contribution in [-0.2, 0) is 0 Å². The first kappa shape index (κ1) is 12.4. The zero-order valence-electron chi connectivity index (χ0n) is 9.43. The van der Waals surface area contributed by atoms with Crippen molar-refractivity contribution in [1.29, 1.82) is 0 Å². The number of rotatable bonds is 5. The third-order valence-electron chi connectivity index (χ3n) is 2.28. The van der Waals surface area contributed by atoms with E-state index in [0.717, 1.165) is 5.69 Å². The Kier molecular flexibility index (Phi) is 3.84. The minimum atomic E-state index is -0.429. The highest BCUT2D eigenvalue weighted by molar-refractivity contribution is 5.48. The van der Waals surface area contributed by atoms with Gasteiger partial charge in [-0.05, 0) is 12.1 Å². The average molecular weight is 224 g/mol. The molecule has 2 N–H and O–H groups in total. The first-order chi connectivity index (χ1) is 7.44. The van der Waals surface area contributed by atoms with Crippen molar-refractivity contribution in [3.8, 4) is 0 Å². The molecule has 1 aromatic rings. The number of aliphatic hydroxyl groups is 1. The van der Waals surface area contributed by atoms with Gasteiger partial charge in [-0.15, -0.1) is 0 Å². The molecule has 1 aromatic carbocycles. The molecule has 0 amide bonds. The summed E-state index contributed by atoms with van der Waals surface area (Å²) in [4.78, 5) is 10.00. The van der Waals surface area contributed by atoms with Crippen molar-refractivity contribution in [3.63, 3.8) is 0 Å². The molecule has 0 saturated heterocycles. The fourth-order valence-electron chi connectivity index (χ4n) is 1.10. The second-order valence-electron chi connectivity index (χ2n) is 4.48. The number of nitro benzene ring substituents is 1. The van der Waals surface area contributed by atoms with E-state index in [1.165, 1.54) is 12.1 Å². The fraction of sp³-hybridized carbons (Fsp3) is 0.455. The Hall–Kier alpha value is -1.62. The van der Waals surface area contributed by atoms with Crippen LogP contribution >= 0.6 is 0 Å². The molecule has 16 heavy (non-hydrogen) atoms. The van der Waals surface area contributed by atoms with Gasteiger partial charge in [0.05, 0.1) is 4.92 Å². The number of nitro groups is 1. The third kappa shape index (κ3) is 3.51. The molecule has 0 saturated carbocycles. The van der Waals surface area contributed by atoms with Crippen LogP contribution in [0.4, 0.5) is 11.4 Å². The highest BCUT2D eigenvalue weighted by Crippen LogP contribution is 2.18. The van der Waals surface area contributed by atoms with Crippen LogP contribution in [0.5, 0.6) is 0 Å². The second kappa shape index (κ2) is 4.94. The number of nitrogens with one attached hydrogen (secondary N) is 1. The monoisotopic (exact) mass is 224 g/mol. The Bertz CT molecular complexity index is 360. The maximum absolute atomic E-state index is 10.4. The number of anilines is 1. The quantitative estimate of drug-likeness (QED) is 0.592. The third-order valence-corrected chi connectivity index (χ3v) is 2.28. The molecule has 5 heteroatoms. The molecule has 0 aliphatic rings. The molecule has 0 bridgehead atoms. The van der Waals surface area contributed by atoms with E-state index in [9.17, 15) is 10.1 Å². The summed E-state index contributed by atoms with van der Waals surface area (Å²) in [6.45, 7) is 4.57. The van der Waals surface area contributed by atoms with Crippen LogP contribution in [0.3, 0.4) is 0 Å². The van der Waals surface area contributed by atoms with Crippen molar-refractivity contribution in [2.24, 2.45) is 5.41 Å². The van der Waals surface area contributed by atoms with Crippen LogP contribution in [0.2, 0.25) is 0 Å². The van der Waals surface area contributed by atoms with Crippen LogP contribution in [0, 0.1) is 15.5 Å². The Labute approximate surface area is 94.3 Å². The highest BCUT2D eigenvalue weighted by atomic mass is 16.6. The Morgan fingerprint density at radius 3 is 2.38 bits per heavy atom. The van der Waals surface area contributed by atoms with Gasteiger partial charge in [0.2, 0.25) is 0 Å². The van der Waals surface area contributed by atoms with Gasteiger partial charge in [0, 0.05) is 36.4 Å². The summed E-state index contributed by atoms with van der Waals surface area (Å²) in [7, 11) is 0. The van der Waals surface area contributed by atoms with E-state index >= 15 is 0 Å². The van der Waals surface area contributed by atoms with Crippen molar-refractivity contribution < 1.29 is 10.0 Å². The van der Waals surface area contributed by atoms with E-state index in [2.05, 4.69) is 5.32 Å². The van der Waals surface area contributed by atoms with Gasteiger partial charge >= 0.3 is 0 Å². The smallest absolute Gasteiger partial charge is 0.269 e. The molecular weight excluding hydrogens is 208 g/mol. The van der Waals surface area contributed by atoms with Crippen molar-refractivity contribution in [3.05, 3.63) is 34.4 Å². The zero-order valence-corrected chi connectivity index (χ0v) is 9.43. The molecule has 0 unspecified atom stereocenters. The summed E-state index contributed by atoms with van der Waals surface area (Å²) in [5.74, 6) is 0. The zero-order chi connectivity index (χ0) is 12.2. The number of nitrogens with zero attached hydrogens (tertiary/aromatic N) is 1. The first-order valence-electron chi connectivity index (χ1n) is 5.04. The van der Waals surface area contributed by atoms with Gasteiger partial charge in [0.25, 0.3) is 5.69 Å². The molecule has 0 aliphatic heterocycles. The van der Waals surface area contributed by atoms with Crippen molar-refractivity contribution in [1.82, 2.24) is 0 Å². The van der Waals surface area contributed by atoms with Crippen LogP contribution < -0.4 is 5.32 Å². The normalized spacial score (nSPS) is 11.2. The van der Waals surface area contributed by atoms with Gasteiger partial charge < -0.3 is 10.4 Å². The Morgan fingerprint density at radius 2 is 1.94 bits per heavy atom. The maximum Gasteiger partial charge on any atom is 0.269 e. The lowest BCUT2D eigenvalue weighted by atomic mass is 9.95. The SMILES string of the molecule is CC(C)(CO)CNc1ccc([N+](=O)[O-])cc1. The van der Waals surface area contributed by atoms with Gasteiger partial charge in [-0.25, -0.2) is 0 Å². The first-order valence-corrected chi connectivity index (χ1v) is 5.04. The lowest BCUT2D eigenvalue weighted by molar-refractivity contribution is -0.384. The van der Waals surface area contributed by atoms with Crippen LogP contribution in [0.1, 0.15) is 13.8 Å². The van der Waals surface area contributed by atoms with Gasteiger partial charge in [0.15, 0.2) is 0 Å². The van der Waals surface area contributed by atoms with E-state index in [4.69, 9.17) is 5.11 Å². The second-order valence-corrected chi connectivity index (χ2v) is 4.48. The summed E-state index contributed by atoms with van der Waals surface area (Å²) in [5, 5.41) is 22.6. The van der Waals surface area contributed by atoms with E-state index in [0.29, 0.717) is 6.54 Å². The maximum atomic E-state index is 10.4.